The van der Waals surface area contributed by atoms with Gasteiger partial charge in [-0.25, -0.2) is 0 Å². The minimum Gasteiger partial charge on any atom is -0.409 e. The van der Waals surface area contributed by atoms with E-state index in [1.807, 2.05) is 42.1 Å². The Morgan fingerprint density at radius 1 is 1.33 bits per heavy atom. The maximum atomic E-state index is 9.00. The number of rotatable bonds is 6. The van der Waals surface area contributed by atoms with Crippen molar-refractivity contribution in [3.63, 3.8) is 0 Å². The van der Waals surface area contributed by atoms with Crippen LogP contribution in [0.4, 0.5) is 0 Å². The Bertz CT molecular complexity index is 444. The number of nitrogens with one attached hydrogen (secondary N) is 1. The molecule has 1 saturated carbocycles. The summed E-state index contributed by atoms with van der Waals surface area (Å²) in [6.07, 6.45) is 7.17. The number of benzene rings is 1. The molecule has 0 bridgehead atoms. The van der Waals surface area contributed by atoms with Crippen LogP contribution in [0.25, 0.3) is 0 Å². The molecule has 0 spiro atoms. The van der Waals surface area contributed by atoms with Crippen LogP contribution in [0.3, 0.4) is 0 Å². The molecule has 2 rings (SSSR count). The average molecular weight is 307 g/mol. The summed E-state index contributed by atoms with van der Waals surface area (Å²) in [5.74, 6) is 0.195. The fourth-order valence-corrected chi connectivity index (χ4v) is 3.68. The number of hydrogen-bond donors (Lipinski definition) is 3. The lowest BCUT2D eigenvalue weighted by Gasteiger charge is -2.29. The standard InChI is InChI=1S/C16H25N3OS/c1-21-14-9-7-13(8-10-14)18-11-15(16(17)19-20)12-5-3-2-4-6-12/h2-6,13-15,18,20H,7-11H2,1H3,(H2,17,19). The molecule has 0 heterocycles. The van der Waals surface area contributed by atoms with Crippen LogP contribution in [0.1, 0.15) is 37.2 Å². The van der Waals surface area contributed by atoms with E-state index in [1.54, 1.807) is 0 Å². The van der Waals surface area contributed by atoms with Crippen molar-refractivity contribution in [1.82, 2.24) is 5.32 Å². The zero-order chi connectivity index (χ0) is 15.1. The van der Waals surface area contributed by atoms with Crippen molar-refractivity contribution in [1.29, 1.82) is 0 Å². The van der Waals surface area contributed by atoms with E-state index in [1.165, 1.54) is 25.7 Å². The summed E-state index contributed by atoms with van der Waals surface area (Å²) in [7, 11) is 0. The van der Waals surface area contributed by atoms with Gasteiger partial charge in [0, 0.05) is 17.8 Å². The molecule has 1 atom stereocenters. The van der Waals surface area contributed by atoms with E-state index >= 15 is 0 Å². The lowest BCUT2D eigenvalue weighted by Crippen LogP contribution is -2.39. The summed E-state index contributed by atoms with van der Waals surface area (Å²) in [4.78, 5) is 0. The highest BCUT2D eigenvalue weighted by molar-refractivity contribution is 7.99. The first-order valence-corrected chi connectivity index (χ1v) is 8.82. The molecule has 0 aromatic heterocycles. The predicted octanol–water partition coefficient (Wildman–Crippen LogP) is 2.78. The van der Waals surface area contributed by atoms with Gasteiger partial charge >= 0.3 is 0 Å². The Balaban J connectivity index is 1.92. The van der Waals surface area contributed by atoms with Crippen LogP contribution < -0.4 is 11.1 Å². The largest absolute Gasteiger partial charge is 0.409 e. The van der Waals surface area contributed by atoms with Gasteiger partial charge in [-0.3, -0.25) is 0 Å². The zero-order valence-corrected chi connectivity index (χ0v) is 13.4. The van der Waals surface area contributed by atoms with Crippen molar-refractivity contribution in [2.75, 3.05) is 12.8 Å². The minimum absolute atomic E-state index is 0.0746. The first-order valence-electron chi connectivity index (χ1n) is 7.53. The van der Waals surface area contributed by atoms with E-state index in [2.05, 4.69) is 16.7 Å². The van der Waals surface area contributed by atoms with E-state index < -0.39 is 0 Å². The van der Waals surface area contributed by atoms with Crippen molar-refractivity contribution in [3.8, 4) is 0 Å². The lowest BCUT2D eigenvalue weighted by molar-refractivity contribution is 0.314. The van der Waals surface area contributed by atoms with Crippen molar-refractivity contribution in [2.45, 2.75) is 42.9 Å². The second kappa shape index (κ2) is 8.29. The van der Waals surface area contributed by atoms with E-state index in [4.69, 9.17) is 10.9 Å². The SMILES string of the molecule is CSC1CCC(NCC(/C(N)=N/O)c2ccccc2)CC1. The zero-order valence-electron chi connectivity index (χ0n) is 12.5. The lowest BCUT2D eigenvalue weighted by atomic mass is 9.93. The van der Waals surface area contributed by atoms with E-state index in [-0.39, 0.29) is 11.8 Å². The molecule has 1 aromatic rings. The summed E-state index contributed by atoms with van der Waals surface area (Å²) in [6, 6.07) is 10.5. The van der Waals surface area contributed by atoms with Gasteiger partial charge in [-0.1, -0.05) is 35.5 Å². The number of amidine groups is 1. The minimum atomic E-state index is -0.0746. The highest BCUT2D eigenvalue weighted by Crippen LogP contribution is 2.27. The first-order chi connectivity index (χ1) is 10.2. The second-order valence-corrected chi connectivity index (χ2v) is 6.74. The highest BCUT2D eigenvalue weighted by atomic mass is 32.2. The van der Waals surface area contributed by atoms with Crippen LogP contribution >= 0.6 is 11.8 Å². The van der Waals surface area contributed by atoms with Crippen LogP contribution in [0.15, 0.2) is 35.5 Å². The molecule has 0 saturated heterocycles. The van der Waals surface area contributed by atoms with Crippen LogP contribution in [0.2, 0.25) is 0 Å². The van der Waals surface area contributed by atoms with Gasteiger partial charge in [-0.2, -0.15) is 11.8 Å². The molecule has 4 N–H and O–H groups in total. The van der Waals surface area contributed by atoms with Gasteiger partial charge in [0.05, 0.1) is 5.92 Å². The summed E-state index contributed by atoms with van der Waals surface area (Å²) >= 11 is 1.98. The summed E-state index contributed by atoms with van der Waals surface area (Å²) in [5.41, 5.74) is 6.95. The molecule has 116 valence electrons. The molecular formula is C16H25N3OS. The Morgan fingerprint density at radius 3 is 2.57 bits per heavy atom. The molecule has 1 aliphatic carbocycles. The van der Waals surface area contributed by atoms with Gasteiger partial charge in [-0.15, -0.1) is 0 Å². The number of thioether (sulfide) groups is 1. The third-order valence-corrected chi connectivity index (χ3v) is 5.43. The number of nitrogens with zero attached hydrogens (tertiary/aromatic N) is 1. The molecule has 0 radical (unpaired) electrons. The third kappa shape index (κ3) is 4.64. The second-order valence-electron chi connectivity index (χ2n) is 5.61. The highest BCUT2D eigenvalue weighted by Gasteiger charge is 2.22. The van der Waals surface area contributed by atoms with Crippen molar-refractivity contribution in [3.05, 3.63) is 35.9 Å². The van der Waals surface area contributed by atoms with Crippen LogP contribution in [-0.4, -0.2) is 35.1 Å². The van der Waals surface area contributed by atoms with Gasteiger partial charge in [0.1, 0.15) is 5.84 Å². The Hall–Kier alpha value is -1.20. The summed E-state index contributed by atoms with van der Waals surface area (Å²) in [5, 5.41) is 16.6. The third-order valence-electron chi connectivity index (χ3n) is 4.29. The summed E-state index contributed by atoms with van der Waals surface area (Å²) < 4.78 is 0. The molecule has 0 amide bonds. The van der Waals surface area contributed by atoms with Crippen molar-refractivity contribution >= 4 is 17.6 Å². The van der Waals surface area contributed by atoms with Crippen molar-refractivity contribution in [2.24, 2.45) is 10.9 Å². The molecule has 0 aliphatic heterocycles. The number of oxime groups is 1. The first kappa shape index (κ1) is 16.2. The van der Waals surface area contributed by atoms with E-state index in [0.29, 0.717) is 12.6 Å². The van der Waals surface area contributed by atoms with Gasteiger partial charge < -0.3 is 16.3 Å². The molecule has 4 nitrogen and oxygen atoms in total. The fourth-order valence-electron chi connectivity index (χ4n) is 2.94. The maximum absolute atomic E-state index is 9.00. The quantitative estimate of drug-likeness (QED) is 0.327. The topological polar surface area (TPSA) is 70.6 Å². The fraction of sp³-hybridized carbons (Fsp3) is 0.562. The Morgan fingerprint density at radius 2 is 2.00 bits per heavy atom. The average Bonchev–Trinajstić information content (AvgIpc) is 2.56. The number of nitrogens with two attached hydrogens (primary N) is 1. The molecule has 1 aromatic carbocycles. The molecule has 1 aliphatic rings. The molecule has 21 heavy (non-hydrogen) atoms. The van der Waals surface area contributed by atoms with Gasteiger partial charge in [0.25, 0.3) is 0 Å². The van der Waals surface area contributed by atoms with Crippen molar-refractivity contribution < 1.29 is 5.21 Å². The normalized spacial score (nSPS) is 24.7. The smallest absolute Gasteiger partial charge is 0.147 e. The van der Waals surface area contributed by atoms with E-state index in [0.717, 1.165) is 10.8 Å². The van der Waals surface area contributed by atoms with Gasteiger partial charge in [-0.05, 0) is 37.5 Å². The summed E-state index contributed by atoms with van der Waals surface area (Å²) in [6.45, 7) is 0.717. The Kier molecular flexibility index (Phi) is 6.39. The molecule has 5 heteroatoms. The van der Waals surface area contributed by atoms with Gasteiger partial charge in [0.15, 0.2) is 0 Å². The predicted molar refractivity (Wildman–Crippen MR) is 90.2 cm³/mol. The number of hydrogen-bond acceptors (Lipinski definition) is 4. The Labute approximate surface area is 131 Å². The monoisotopic (exact) mass is 307 g/mol. The van der Waals surface area contributed by atoms with Crippen LogP contribution in [-0.2, 0) is 0 Å². The van der Waals surface area contributed by atoms with E-state index in [9.17, 15) is 0 Å². The molecule has 1 fully saturated rings. The maximum Gasteiger partial charge on any atom is 0.147 e. The van der Waals surface area contributed by atoms with Crippen LogP contribution in [0, 0.1) is 0 Å². The molecular weight excluding hydrogens is 282 g/mol. The molecule has 1 unspecified atom stereocenters. The van der Waals surface area contributed by atoms with Crippen LogP contribution in [0.5, 0.6) is 0 Å². The van der Waals surface area contributed by atoms with Gasteiger partial charge in [0.2, 0.25) is 0 Å².